The van der Waals surface area contributed by atoms with Gasteiger partial charge in [0.1, 0.15) is 24.8 Å². The van der Waals surface area contributed by atoms with Gasteiger partial charge in [0.05, 0.1) is 23.9 Å². The van der Waals surface area contributed by atoms with Gasteiger partial charge in [-0.2, -0.15) is 4.98 Å². The van der Waals surface area contributed by atoms with E-state index < -0.39 is 0 Å². The number of carbonyl (C=O) groups excluding carboxylic acids is 1. The van der Waals surface area contributed by atoms with Crippen LogP contribution >= 0.6 is 0 Å². The van der Waals surface area contributed by atoms with Crippen LogP contribution in [0.2, 0.25) is 0 Å². The lowest BCUT2D eigenvalue weighted by molar-refractivity contribution is -0.121. The van der Waals surface area contributed by atoms with Crippen molar-refractivity contribution in [2.24, 2.45) is 0 Å². The molecular weight excluding hydrogens is 356 g/mol. The average molecular weight is 380 g/mol. The number of nitrogens with zero attached hydrogens (tertiary/aromatic N) is 5. The van der Waals surface area contributed by atoms with E-state index in [0.717, 1.165) is 29.9 Å². The summed E-state index contributed by atoms with van der Waals surface area (Å²) in [5.41, 5.74) is 1.83. The standard InChI is InChI=1S/C20H24N6O2/c1-15-23-18(25-9-4-5-10-25)12-20(24-15)28-11-8-21-19(27)13-26-14-22-16-6-2-3-7-17(16)26/h2-3,6-7,12,14H,4-5,8-11,13H2,1H3,(H,21,27). The first-order valence-corrected chi connectivity index (χ1v) is 9.59. The topological polar surface area (TPSA) is 85.2 Å². The van der Waals surface area contributed by atoms with Gasteiger partial charge in [-0.1, -0.05) is 12.1 Å². The molecule has 0 bridgehead atoms. The summed E-state index contributed by atoms with van der Waals surface area (Å²) < 4.78 is 7.57. The summed E-state index contributed by atoms with van der Waals surface area (Å²) in [6.45, 7) is 4.90. The van der Waals surface area contributed by atoms with Gasteiger partial charge in [-0.05, 0) is 31.9 Å². The third-order valence-corrected chi connectivity index (χ3v) is 4.75. The first kappa shape index (κ1) is 18.2. The fourth-order valence-electron chi connectivity index (χ4n) is 3.40. The Hall–Kier alpha value is -3.16. The Morgan fingerprint density at radius 1 is 1.21 bits per heavy atom. The van der Waals surface area contributed by atoms with Crippen molar-refractivity contribution in [1.29, 1.82) is 0 Å². The minimum atomic E-state index is -0.0802. The maximum atomic E-state index is 12.2. The van der Waals surface area contributed by atoms with Crippen LogP contribution in [0.1, 0.15) is 18.7 Å². The molecule has 1 aliphatic rings. The lowest BCUT2D eigenvalue weighted by Crippen LogP contribution is -2.31. The van der Waals surface area contributed by atoms with Gasteiger partial charge < -0.3 is 19.5 Å². The Bertz CT molecular complexity index is 964. The van der Waals surface area contributed by atoms with Crippen LogP contribution in [0.4, 0.5) is 5.82 Å². The predicted octanol–water partition coefficient (Wildman–Crippen LogP) is 1.93. The van der Waals surface area contributed by atoms with Gasteiger partial charge in [-0.25, -0.2) is 9.97 Å². The minimum absolute atomic E-state index is 0.0802. The van der Waals surface area contributed by atoms with Crippen LogP contribution in [-0.4, -0.2) is 51.7 Å². The number of aromatic nitrogens is 4. The van der Waals surface area contributed by atoms with Gasteiger partial charge in [0.15, 0.2) is 0 Å². The molecule has 0 spiro atoms. The van der Waals surface area contributed by atoms with E-state index >= 15 is 0 Å². The molecule has 0 aliphatic carbocycles. The van der Waals surface area contributed by atoms with Gasteiger partial charge in [0.25, 0.3) is 0 Å². The highest BCUT2D eigenvalue weighted by molar-refractivity contribution is 5.80. The van der Waals surface area contributed by atoms with Gasteiger partial charge in [0.2, 0.25) is 11.8 Å². The van der Waals surface area contributed by atoms with Crippen molar-refractivity contribution in [3.8, 4) is 5.88 Å². The number of anilines is 1. The van der Waals surface area contributed by atoms with E-state index in [0.29, 0.717) is 24.9 Å². The number of benzene rings is 1. The van der Waals surface area contributed by atoms with Crippen LogP contribution < -0.4 is 15.0 Å². The highest BCUT2D eigenvalue weighted by atomic mass is 16.5. The zero-order valence-corrected chi connectivity index (χ0v) is 16.0. The molecule has 0 saturated carbocycles. The van der Waals surface area contributed by atoms with E-state index in [9.17, 15) is 4.79 Å². The first-order valence-electron chi connectivity index (χ1n) is 9.59. The second-order valence-electron chi connectivity index (χ2n) is 6.87. The predicted molar refractivity (Wildman–Crippen MR) is 106 cm³/mol. The summed E-state index contributed by atoms with van der Waals surface area (Å²) >= 11 is 0. The number of nitrogens with one attached hydrogen (secondary N) is 1. The Balaban J connectivity index is 1.27. The Morgan fingerprint density at radius 3 is 2.89 bits per heavy atom. The lowest BCUT2D eigenvalue weighted by atomic mass is 10.3. The number of carbonyl (C=O) groups is 1. The second-order valence-corrected chi connectivity index (χ2v) is 6.87. The van der Waals surface area contributed by atoms with Crippen molar-refractivity contribution in [3.63, 3.8) is 0 Å². The maximum Gasteiger partial charge on any atom is 0.240 e. The highest BCUT2D eigenvalue weighted by Crippen LogP contribution is 2.21. The largest absolute Gasteiger partial charge is 0.476 e. The SMILES string of the molecule is Cc1nc(OCCNC(=O)Cn2cnc3ccccc32)cc(N2CCCC2)n1. The van der Waals surface area contributed by atoms with E-state index in [4.69, 9.17) is 4.74 Å². The molecule has 3 aromatic rings. The number of hydrogen-bond acceptors (Lipinski definition) is 6. The van der Waals surface area contributed by atoms with E-state index in [1.54, 1.807) is 6.33 Å². The van der Waals surface area contributed by atoms with Crippen molar-refractivity contribution in [2.45, 2.75) is 26.3 Å². The number of imidazole rings is 1. The van der Waals surface area contributed by atoms with Crippen molar-refractivity contribution in [2.75, 3.05) is 31.1 Å². The third kappa shape index (κ3) is 4.21. The molecule has 1 aromatic carbocycles. The fraction of sp³-hybridized carbons (Fsp3) is 0.400. The van der Waals surface area contributed by atoms with Gasteiger partial charge in [-0.15, -0.1) is 0 Å². The fourth-order valence-corrected chi connectivity index (χ4v) is 3.40. The van der Waals surface area contributed by atoms with Gasteiger partial charge >= 0.3 is 0 Å². The molecule has 1 saturated heterocycles. The van der Waals surface area contributed by atoms with Crippen molar-refractivity contribution >= 4 is 22.8 Å². The summed E-state index contributed by atoms with van der Waals surface area (Å²) in [4.78, 5) is 27.6. The number of hydrogen-bond donors (Lipinski definition) is 1. The monoisotopic (exact) mass is 380 g/mol. The molecule has 3 heterocycles. The van der Waals surface area contributed by atoms with Crippen LogP contribution in [0, 0.1) is 6.92 Å². The smallest absolute Gasteiger partial charge is 0.240 e. The molecule has 1 N–H and O–H groups in total. The zero-order chi connectivity index (χ0) is 19.3. The van der Waals surface area contributed by atoms with Crippen molar-refractivity contribution in [1.82, 2.24) is 24.8 Å². The Morgan fingerprint density at radius 2 is 2.04 bits per heavy atom. The van der Waals surface area contributed by atoms with E-state index in [1.807, 2.05) is 41.8 Å². The molecule has 1 amide bonds. The van der Waals surface area contributed by atoms with E-state index in [1.165, 1.54) is 12.8 Å². The number of aryl methyl sites for hydroxylation is 1. The van der Waals surface area contributed by atoms with Crippen LogP contribution in [0.5, 0.6) is 5.88 Å². The first-order chi connectivity index (χ1) is 13.7. The average Bonchev–Trinajstić information content (AvgIpc) is 3.36. The van der Waals surface area contributed by atoms with Crippen LogP contribution in [0.25, 0.3) is 11.0 Å². The summed E-state index contributed by atoms with van der Waals surface area (Å²) in [6.07, 6.45) is 4.07. The van der Waals surface area contributed by atoms with Gasteiger partial charge in [0, 0.05) is 19.2 Å². The molecular formula is C20H24N6O2. The molecule has 0 unspecified atom stereocenters. The Kier molecular flexibility index (Phi) is 5.36. The van der Waals surface area contributed by atoms with Crippen LogP contribution in [-0.2, 0) is 11.3 Å². The van der Waals surface area contributed by atoms with Crippen molar-refractivity contribution in [3.05, 3.63) is 42.5 Å². The number of rotatable bonds is 7. The molecule has 1 fully saturated rings. The molecule has 146 valence electrons. The molecule has 4 rings (SSSR count). The minimum Gasteiger partial charge on any atom is -0.476 e. The number of para-hydroxylation sites is 2. The van der Waals surface area contributed by atoms with Gasteiger partial charge in [-0.3, -0.25) is 4.79 Å². The summed E-state index contributed by atoms with van der Waals surface area (Å²) in [6, 6.07) is 9.62. The van der Waals surface area contributed by atoms with Crippen molar-refractivity contribution < 1.29 is 9.53 Å². The maximum absolute atomic E-state index is 12.2. The molecule has 8 nitrogen and oxygen atoms in total. The zero-order valence-electron chi connectivity index (χ0n) is 16.0. The van der Waals surface area contributed by atoms with Crippen LogP contribution in [0.15, 0.2) is 36.7 Å². The van der Waals surface area contributed by atoms with E-state index in [-0.39, 0.29) is 12.5 Å². The highest BCUT2D eigenvalue weighted by Gasteiger charge is 2.15. The number of fused-ring (bicyclic) bond motifs is 1. The molecule has 28 heavy (non-hydrogen) atoms. The molecule has 8 heteroatoms. The molecule has 0 atom stereocenters. The van der Waals surface area contributed by atoms with E-state index in [2.05, 4.69) is 25.2 Å². The molecule has 2 aromatic heterocycles. The molecule has 1 aliphatic heterocycles. The third-order valence-electron chi connectivity index (χ3n) is 4.75. The lowest BCUT2D eigenvalue weighted by Gasteiger charge is -2.17. The normalized spacial score (nSPS) is 13.8. The molecule has 0 radical (unpaired) electrons. The summed E-state index contributed by atoms with van der Waals surface area (Å²) in [5.74, 6) is 2.07. The summed E-state index contributed by atoms with van der Waals surface area (Å²) in [5, 5.41) is 2.87. The number of amides is 1. The second kappa shape index (κ2) is 8.24. The number of ether oxygens (including phenoxy) is 1. The Labute approximate surface area is 163 Å². The van der Waals surface area contributed by atoms with Crippen LogP contribution in [0.3, 0.4) is 0 Å². The quantitative estimate of drug-likeness (QED) is 0.631. The summed E-state index contributed by atoms with van der Waals surface area (Å²) in [7, 11) is 0.